The summed E-state index contributed by atoms with van der Waals surface area (Å²) in [6, 6.07) is 15.3. The number of nitrogens with zero attached hydrogens (tertiary/aromatic N) is 3. The molecule has 0 spiro atoms. The van der Waals surface area contributed by atoms with E-state index in [0.717, 1.165) is 77.7 Å². The molecule has 2 heterocycles. The minimum absolute atomic E-state index is 0.0845. The van der Waals surface area contributed by atoms with E-state index in [1.165, 1.54) is 42.4 Å². The Morgan fingerprint density at radius 1 is 0.944 bits per heavy atom. The second-order valence-corrected chi connectivity index (χ2v) is 12.9. The fourth-order valence-electron chi connectivity index (χ4n) is 7.97. The lowest BCUT2D eigenvalue weighted by atomic mass is 9.54. The summed E-state index contributed by atoms with van der Waals surface area (Å²) < 4.78 is 1.21. The van der Waals surface area contributed by atoms with Gasteiger partial charge in [-0.15, -0.1) is 11.3 Å². The zero-order valence-corrected chi connectivity index (χ0v) is 22.0. The molecule has 5 nitrogen and oxygen atoms in total. The predicted molar refractivity (Wildman–Crippen MR) is 147 cm³/mol. The molecule has 3 aromatic rings. The first-order valence-electron chi connectivity index (χ1n) is 13.8. The number of benzene rings is 2. The molecule has 1 aliphatic heterocycles. The number of rotatable bonds is 5. The highest BCUT2D eigenvalue weighted by Gasteiger charge is 2.50. The van der Waals surface area contributed by atoms with Crippen LogP contribution in [0.25, 0.3) is 20.8 Å². The minimum Gasteiger partial charge on any atom is -0.325 e. The van der Waals surface area contributed by atoms with Gasteiger partial charge in [0.2, 0.25) is 5.91 Å². The van der Waals surface area contributed by atoms with E-state index in [1.54, 1.807) is 11.3 Å². The van der Waals surface area contributed by atoms with E-state index in [1.807, 2.05) is 12.1 Å². The van der Waals surface area contributed by atoms with Crippen LogP contribution in [0.5, 0.6) is 0 Å². The fraction of sp³-hybridized carbons (Fsp3) is 0.533. The largest absolute Gasteiger partial charge is 0.325 e. The van der Waals surface area contributed by atoms with Gasteiger partial charge in [-0.3, -0.25) is 14.6 Å². The van der Waals surface area contributed by atoms with Crippen molar-refractivity contribution in [2.75, 3.05) is 38.0 Å². The summed E-state index contributed by atoms with van der Waals surface area (Å²) >= 11 is 1.72. The van der Waals surface area contributed by atoms with E-state index < -0.39 is 0 Å². The number of piperazine rings is 1. The number of anilines is 1. The van der Waals surface area contributed by atoms with Crippen molar-refractivity contribution >= 4 is 33.1 Å². The summed E-state index contributed by atoms with van der Waals surface area (Å²) in [5, 5.41) is 4.13. The number of hydrogen-bond donors (Lipinski definition) is 1. The second kappa shape index (κ2) is 9.23. The molecule has 6 heteroatoms. The molecule has 1 N–H and O–H groups in total. The van der Waals surface area contributed by atoms with E-state index in [0.29, 0.717) is 6.54 Å². The van der Waals surface area contributed by atoms with Crippen LogP contribution in [-0.2, 0) is 4.79 Å². The van der Waals surface area contributed by atoms with Crippen LogP contribution < -0.4 is 5.32 Å². The van der Waals surface area contributed by atoms with Gasteiger partial charge in [-0.2, -0.15) is 0 Å². The molecule has 1 amide bonds. The zero-order chi connectivity index (χ0) is 24.2. The summed E-state index contributed by atoms with van der Waals surface area (Å²) in [4.78, 5) is 22.7. The highest BCUT2D eigenvalue weighted by Crippen LogP contribution is 2.55. The molecule has 5 fully saturated rings. The highest BCUT2D eigenvalue weighted by atomic mass is 32.1. The van der Waals surface area contributed by atoms with Gasteiger partial charge in [-0.05, 0) is 105 Å². The van der Waals surface area contributed by atoms with Gasteiger partial charge in [0.05, 0.1) is 16.8 Å². The van der Waals surface area contributed by atoms with Crippen LogP contribution in [0.2, 0.25) is 0 Å². The van der Waals surface area contributed by atoms with Gasteiger partial charge in [0.25, 0.3) is 0 Å². The third-order valence-corrected chi connectivity index (χ3v) is 10.4. The number of thiazole rings is 1. The number of amides is 1. The Morgan fingerprint density at radius 3 is 2.33 bits per heavy atom. The SMILES string of the molecule is Cc1ccc2nc(-c3ccc(NC(=O)CN4CCN(C5C6CC7CC(C6)CC5C7)CC4)cc3)sc2c1. The Kier molecular flexibility index (Phi) is 5.87. The number of nitrogens with one attached hydrogen (secondary N) is 1. The first-order chi connectivity index (χ1) is 17.6. The van der Waals surface area contributed by atoms with E-state index in [-0.39, 0.29) is 5.91 Å². The van der Waals surface area contributed by atoms with E-state index in [4.69, 9.17) is 4.98 Å². The average Bonchev–Trinajstić information content (AvgIpc) is 3.28. The lowest BCUT2D eigenvalue weighted by molar-refractivity contribution is -0.118. The van der Waals surface area contributed by atoms with Crippen LogP contribution in [0.15, 0.2) is 42.5 Å². The molecule has 4 bridgehead atoms. The third-order valence-electron chi connectivity index (χ3n) is 9.33. The molecule has 4 saturated carbocycles. The van der Waals surface area contributed by atoms with Crippen molar-refractivity contribution in [2.45, 2.75) is 45.1 Å². The normalized spacial score (nSPS) is 30.2. The summed E-state index contributed by atoms with van der Waals surface area (Å²) in [5.74, 6) is 4.06. The molecular formula is C30H36N4OS. The Hall–Kier alpha value is -2.28. The Balaban J connectivity index is 0.921. The van der Waals surface area contributed by atoms with E-state index >= 15 is 0 Å². The van der Waals surface area contributed by atoms with Gasteiger partial charge in [0.15, 0.2) is 0 Å². The lowest BCUT2D eigenvalue weighted by Crippen LogP contribution is -2.60. The quantitative estimate of drug-likeness (QED) is 0.492. The molecule has 0 unspecified atom stereocenters. The summed E-state index contributed by atoms with van der Waals surface area (Å²) in [7, 11) is 0. The number of aryl methyl sites for hydroxylation is 1. The van der Waals surface area contributed by atoms with Crippen LogP contribution >= 0.6 is 11.3 Å². The minimum atomic E-state index is 0.0845. The standard InChI is InChI=1S/C30H36N4OS/c1-19-2-7-26-27(12-19)36-30(32-26)22-3-5-25(6-4-22)31-28(35)18-33-8-10-34(11-9-33)29-23-14-20-13-21(16-23)17-24(29)15-20/h2-7,12,20-21,23-24,29H,8-11,13-18H2,1H3,(H,31,35). The van der Waals surface area contributed by atoms with Crippen molar-refractivity contribution in [1.29, 1.82) is 0 Å². The van der Waals surface area contributed by atoms with Gasteiger partial charge in [0.1, 0.15) is 5.01 Å². The van der Waals surface area contributed by atoms with Gasteiger partial charge in [0, 0.05) is 43.5 Å². The van der Waals surface area contributed by atoms with Crippen molar-refractivity contribution in [2.24, 2.45) is 23.7 Å². The molecule has 0 radical (unpaired) electrons. The lowest BCUT2D eigenvalue weighted by Gasteiger charge is -2.58. The Labute approximate surface area is 217 Å². The van der Waals surface area contributed by atoms with Crippen molar-refractivity contribution in [3.63, 3.8) is 0 Å². The number of fused-ring (bicyclic) bond motifs is 1. The van der Waals surface area contributed by atoms with Crippen LogP contribution in [0.3, 0.4) is 0 Å². The van der Waals surface area contributed by atoms with Gasteiger partial charge >= 0.3 is 0 Å². The van der Waals surface area contributed by atoms with Crippen molar-refractivity contribution in [3.05, 3.63) is 48.0 Å². The molecule has 8 rings (SSSR count). The maximum atomic E-state index is 12.8. The zero-order valence-electron chi connectivity index (χ0n) is 21.2. The van der Waals surface area contributed by atoms with Crippen LogP contribution in [0.4, 0.5) is 5.69 Å². The van der Waals surface area contributed by atoms with Crippen molar-refractivity contribution in [3.8, 4) is 10.6 Å². The number of carbonyl (C=O) groups is 1. The molecule has 36 heavy (non-hydrogen) atoms. The summed E-state index contributed by atoms with van der Waals surface area (Å²) in [6.45, 7) is 6.85. The molecule has 2 aromatic carbocycles. The maximum Gasteiger partial charge on any atom is 0.238 e. The molecule has 188 valence electrons. The summed E-state index contributed by atoms with van der Waals surface area (Å²) in [5.41, 5.74) is 4.24. The van der Waals surface area contributed by atoms with Crippen LogP contribution in [-0.4, -0.2) is 59.5 Å². The van der Waals surface area contributed by atoms with Crippen LogP contribution in [0.1, 0.15) is 37.7 Å². The summed E-state index contributed by atoms with van der Waals surface area (Å²) in [6.07, 6.45) is 7.46. The van der Waals surface area contributed by atoms with Gasteiger partial charge in [-0.1, -0.05) is 6.07 Å². The molecule has 5 aliphatic rings. The third kappa shape index (κ3) is 4.37. The Bertz CT molecular complexity index is 1230. The molecule has 0 atom stereocenters. The Morgan fingerprint density at radius 2 is 1.64 bits per heavy atom. The smallest absolute Gasteiger partial charge is 0.238 e. The molecular weight excluding hydrogens is 464 g/mol. The number of carbonyl (C=O) groups excluding carboxylic acids is 1. The molecule has 1 aromatic heterocycles. The highest BCUT2D eigenvalue weighted by molar-refractivity contribution is 7.21. The number of aromatic nitrogens is 1. The van der Waals surface area contributed by atoms with E-state index in [2.05, 4.69) is 52.4 Å². The molecule has 4 aliphatic carbocycles. The van der Waals surface area contributed by atoms with Gasteiger partial charge < -0.3 is 5.32 Å². The predicted octanol–water partition coefficient (Wildman–Crippen LogP) is 5.65. The second-order valence-electron chi connectivity index (χ2n) is 11.8. The first-order valence-corrected chi connectivity index (χ1v) is 14.6. The number of hydrogen-bond acceptors (Lipinski definition) is 5. The fourth-order valence-corrected chi connectivity index (χ4v) is 9.04. The van der Waals surface area contributed by atoms with Crippen molar-refractivity contribution in [1.82, 2.24) is 14.8 Å². The van der Waals surface area contributed by atoms with Crippen LogP contribution in [0, 0.1) is 30.6 Å². The monoisotopic (exact) mass is 500 g/mol. The van der Waals surface area contributed by atoms with Crippen molar-refractivity contribution < 1.29 is 4.79 Å². The first kappa shape index (κ1) is 22.9. The maximum absolute atomic E-state index is 12.8. The van der Waals surface area contributed by atoms with E-state index in [9.17, 15) is 4.79 Å². The topological polar surface area (TPSA) is 48.5 Å². The molecule has 1 saturated heterocycles. The van der Waals surface area contributed by atoms with Gasteiger partial charge in [-0.25, -0.2) is 4.98 Å². The average molecular weight is 501 g/mol.